The van der Waals surface area contributed by atoms with Crippen molar-refractivity contribution in [2.75, 3.05) is 37.1 Å². The number of halogens is 7. The van der Waals surface area contributed by atoms with Crippen LogP contribution in [0.2, 0.25) is 20.4 Å². The number of ether oxygens (including phenoxy) is 2. The number of benzene rings is 2. The molecule has 3 aliphatic carbocycles. The molecule has 3 saturated heterocycles. The lowest BCUT2D eigenvalue weighted by molar-refractivity contribution is -0.139. The van der Waals surface area contributed by atoms with Gasteiger partial charge in [0.25, 0.3) is 0 Å². The number of aliphatic hydroxyl groups excluding tert-OH is 2. The van der Waals surface area contributed by atoms with Gasteiger partial charge in [0.05, 0.1) is 30.8 Å². The number of ketones is 1. The molecule has 6 fully saturated rings. The van der Waals surface area contributed by atoms with Crippen molar-refractivity contribution in [2.24, 2.45) is 33.8 Å². The van der Waals surface area contributed by atoms with Crippen LogP contribution in [0.4, 0.5) is 20.2 Å². The Bertz CT molecular complexity index is 3180. The number of hydrogen-bond acceptors (Lipinski definition) is 12. The number of fused-ring (bicyclic) bond motifs is 6. The van der Waals surface area contributed by atoms with Gasteiger partial charge >= 0.3 is 5.97 Å². The molecule has 12 rings (SSSR count). The molecule has 1 unspecified atom stereocenters. The summed E-state index contributed by atoms with van der Waals surface area (Å²) in [5, 5.41) is 37.8. The number of aromatic nitrogens is 2. The van der Waals surface area contributed by atoms with E-state index in [9.17, 15) is 29.4 Å². The Balaban J connectivity index is 0.000000178. The molecule has 2 amide bonds. The van der Waals surface area contributed by atoms with Gasteiger partial charge in [-0.05, 0) is 177 Å². The Hall–Kier alpha value is -4.11. The highest BCUT2D eigenvalue weighted by Gasteiger charge is 2.74. The van der Waals surface area contributed by atoms with Crippen LogP contribution in [0.5, 0.6) is 0 Å². The summed E-state index contributed by atoms with van der Waals surface area (Å²) in [6.45, 7) is 10.2. The second-order valence-corrected chi connectivity index (χ2v) is 28.3. The summed E-state index contributed by atoms with van der Waals surface area (Å²) in [7, 11) is 0. The summed E-state index contributed by atoms with van der Waals surface area (Å²) in [6, 6.07) is 12.6. The zero-order valence-corrected chi connectivity index (χ0v) is 52.8. The van der Waals surface area contributed by atoms with E-state index in [0.29, 0.717) is 72.3 Å². The van der Waals surface area contributed by atoms with E-state index < -0.39 is 63.2 Å². The number of carboxylic acids is 1. The molecule has 10 atom stereocenters. The highest BCUT2D eigenvalue weighted by molar-refractivity contribution is 6.32. The third kappa shape index (κ3) is 12.0. The van der Waals surface area contributed by atoms with Gasteiger partial charge in [-0.3, -0.25) is 24.5 Å². The number of nitrogens with one attached hydrogen (secondary N) is 3. The average Bonchev–Trinajstić information content (AvgIpc) is 1.51. The van der Waals surface area contributed by atoms with Crippen molar-refractivity contribution in [3.63, 3.8) is 0 Å². The van der Waals surface area contributed by atoms with Gasteiger partial charge < -0.3 is 41.2 Å². The molecule has 0 bridgehead atoms. The number of hydrogen-bond donors (Lipinski definition) is 7. The molecule has 2 aromatic carbocycles. The normalized spacial score (nSPS) is 30.5. The Labute approximate surface area is 527 Å². The van der Waals surface area contributed by atoms with Crippen LogP contribution in [0.25, 0.3) is 0 Å². The van der Waals surface area contributed by atoms with Crippen LogP contribution < -0.4 is 21.7 Å². The number of carboxylic acid groups (broad SMARTS) is 1. The Kier molecular flexibility index (Phi) is 20.1. The predicted octanol–water partition coefficient (Wildman–Crippen LogP) is 12.4. The third-order valence-electron chi connectivity index (χ3n) is 20.7. The molecule has 22 heteroatoms. The van der Waals surface area contributed by atoms with Crippen LogP contribution in [0.3, 0.4) is 0 Å². The highest BCUT2D eigenvalue weighted by Crippen LogP contribution is 2.73. The number of nitrogens with two attached hydrogens (primary N) is 1. The molecule has 8 aliphatic rings. The lowest BCUT2D eigenvalue weighted by Gasteiger charge is -2.51. The zero-order chi connectivity index (χ0) is 61.0. The monoisotopic (exact) mass is 1290 g/mol. The number of aliphatic hydroxyl groups is 2. The fraction of sp³-hybridized carbons (Fsp3) is 0.594. The molecule has 86 heavy (non-hydrogen) atoms. The smallest absolute Gasteiger partial charge is 0.321 e. The van der Waals surface area contributed by atoms with Crippen LogP contribution in [-0.2, 0) is 39.5 Å². The van der Waals surface area contributed by atoms with Gasteiger partial charge in [-0.1, -0.05) is 86.2 Å². The minimum Gasteiger partial charge on any atom is -0.480 e. The van der Waals surface area contributed by atoms with Crippen LogP contribution in [0.15, 0.2) is 60.9 Å². The molecular weight excluding hydrogens is 1210 g/mol. The molecule has 3 saturated carbocycles. The van der Waals surface area contributed by atoms with Gasteiger partial charge in [0.1, 0.15) is 17.2 Å². The first kappa shape index (κ1) is 66.3. The van der Waals surface area contributed by atoms with E-state index in [2.05, 4.69) is 53.6 Å². The number of rotatable bonds is 10. The van der Waals surface area contributed by atoms with Gasteiger partial charge in [0.2, 0.25) is 11.8 Å². The first-order valence-corrected chi connectivity index (χ1v) is 31.4. The summed E-state index contributed by atoms with van der Waals surface area (Å²) in [6.07, 6.45) is 14.9. The van der Waals surface area contributed by atoms with E-state index in [1.807, 2.05) is 6.07 Å². The van der Waals surface area contributed by atoms with Crippen molar-refractivity contribution >= 4 is 93.8 Å². The van der Waals surface area contributed by atoms with Gasteiger partial charge in [0, 0.05) is 82.8 Å². The Morgan fingerprint density at radius 2 is 1.16 bits per heavy atom. The third-order valence-corrected chi connectivity index (χ3v) is 21.7. The Morgan fingerprint density at radius 3 is 1.65 bits per heavy atom. The van der Waals surface area contributed by atoms with Crippen LogP contribution >= 0.6 is 58.8 Å². The van der Waals surface area contributed by atoms with E-state index >= 15 is 8.78 Å². The van der Waals surface area contributed by atoms with E-state index in [0.717, 1.165) is 76.2 Å². The van der Waals surface area contributed by atoms with Gasteiger partial charge in [-0.2, -0.15) is 0 Å². The number of carbonyl (C=O) groups excluding carboxylic acids is 3. The summed E-state index contributed by atoms with van der Waals surface area (Å²) in [4.78, 5) is 63.3. The maximum atomic E-state index is 16.0. The number of pyridine rings is 2. The van der Waals surface area contributed by atoms with Crippen molar-refractivity contribution in [1.82, 2.24) is 15.3 Å². The number of anilines is 2. The highest BCUT2D eigenvalue weighted by atomic mass is 35.5. The number of carbonyl (C=O) groups is 4. The molecule has 7 heterocycles. The molecule has 2 aromatic heterocycles. The maximum Gasteiger partial charge on any atom is 0.321 e. The molecule has 468 valence electrons. The second kappa shape index (κ2) is 26.0. The van der Waals surface area contributed by atoms with Gasteiger partial charge in [-0.15, -0.1) is 12.4 Å². The number of amides is 2. The van der Waals surface area contributed by atoms with E-state index in [1.54, 1.807) is 36.4 Å². The molecule has 8 N–H and O–H groups in total. The number of Topliss-reactive ketones (excluding diaryl/α,β-unsaturated/α-hetero) is 1. The van der Waals surface area contributed by atoms with E-state index in [-0.39, 0.29) is 99.6 Å². The van der Waals surface area contributed by atoms with Crippen LogP contribution in [0.1, 0.15) is 165 Å². The van der Waals surface area contributed by atoms with Crippen molar-refractivity contribution in [3.8, 4) is 0 Å². The lowest BCUT2D eigenvalue weighted by Crippen LogP contribution is -2.61. The largest absolute Gasteiger partial charge is 0.480 e. The first-order valence-electron chi connectivity index (χ1n) is 29.9. The minimum atomic E-state index is -1.36. The minimum absolute atomic E-state index is 0. The molecule has 4 aromatic rings. The molecule has 5 aliphatic heterocycles. The lowest BCUT2D eigenvalue weighted by atomic mass is 9.51. The van der Waals surface area contributed by atoms with Gasteiger partial charge in [0.15, 0.2) is 21.9 Å². The van der Waals surface area contributed by atoms with Crippen LogP contribution in [-0.4, -0.2) is 105 Å². The SMILES string of the molecule is CC1(C)CCC2(CC1)C[C@@H](C(=O)C[C@@H]1CC[C@@H](CCO)OC1)[C@H](c1ccnc(Cl)c1F)[C@]21C(=O)Nc2cc(Cl)ccc21.CC1(C)CCC2(CC1)N[C@@H](C(=O)O)[C@H](c1ccnc(Cl)c1F)C21C(=O)Nc2cc(Cl)ccc21.Cl.N[C@@H]1CC[C@@H](CCO)OC1. The van der Waals surface area contributed by atoms with Crippen molar-refractivity contribution in [1.29, 1.82) is 0 Å². The topological polar surface area (TPSA) is 235 Å². The zero-order valence-electron chi connectivity index (χ0n) is 49.0. The van der Waals surface area contributed by atoms with Crippen molar-refractivity contribution in [3.05, 3.63) is 115 Å². The molecule has 4 spiro atoms. The standard InChI is InChI=1S/C33H39Cl2FN2O4.C24H24Cl2FN3O3.C7H15NO2.ClH/c1-31(2)9-11-32(12-10-31)17-23(26(40)15-19-3-5-21(8-14-39)42-18-19)27(22-7-13-37-29(35)28(22)36)33(32)24-6-4-20(34)16-25(24)38-30(33)41;1-22(2)6-8-23(9-7-22)24(14-4-3-12(25)11-15(14)29-21(24)33)16(18(30-23)20(31)32)13-5-10-28-19(26)17(13)27;8-6-1-2-7(3-4-9)10-5-6;/h4,6-7,13,16,19,21,23,27,39H,3,5,8-12,14-15,17-18H2,1-2H3,(H,38,41);3-5,10-11,16,18,30H,6-9H2,1-2H3,(H,29,33)(H,31,32);6-7,9H,1-5,8H2;1H/t19-,21-,23-,27-,33+;16-,18+,24?;6-,7+;/m001./s1. The summed E-state index contributed by atoms with van der Waals surface area (Å²) < 4.78 is 42.8. The Morgan fingerprint density at radius 1 is 0.674 bits per heavy atom. The summed E-state index contributed by atoms with van der Waals surface area (Å²) in [5.74, 6) is -5.46. The number of nitrogens with zero attached hydrogens (tertiary/aromatic N) is 2. The fourth-order valence-electron chi connectivity index (χ4n) is 16.2. The second-order valence-electron chi connectivity index (χ2n) is 26.7. The van der Waals surface area contributed by atoms with Crippen molar-refractivity contribution in [2.45, 2.75) is 183 Å². The van der Waals surface area contributed by atoms with Crippen LogP contribution in [0, 0.1) is 39.7 Å². The molecular formula is C64H79Cl5F2N6O9. The van der Waals surface area contributed by atoms with E-state index in [1.165, 1.54) is 18.5 Å². The molecule has 15 nitrogen and oxygen atoms in total. The summed E-state index contributed by atoms with van der Waals surface area (Å²) in [5.41, 5.74) is 4.72. The quantitative estimate of drug-likeness (QED) is 0.0733. The average molecular weight is 1290 g/mol. The fourth-order valence-corrected chi connectivity index (χ4v) is 16.9. The summed E-state index contributed by atoms with van der Waals surface area (Å²) >= 11 is 24.9. The predicted molar refractivity (Wildman–Crippen MR) is 329 cm³/mol. The first-order chi connectivity index (χ1) is 40.4. The number of aliphatic carboxylic acids is 1. The van der Waals surface area contributed by atoms with Gasteiger partial charge in [-0.25, -0.2) is 18.7 Å². The maximum absolute atomic E-state index is 16.0. The van der Waals surface area contributed by atoms with Crippen molar-refractivity contribution < 1.29 is 52.8 Å². The van der Waals surface area contributed by atoms with E-state index in [4.69, 9.17) is 66.7 Å². The molecule has 0 radical (unpaired) electrons.